The molecule has 1 aliphatic rings. The number of piperidine rings is 1. The molecule has 0 spiro atoms. The number of ether oxygens (including phenoxy) is 1. The van der Waals surface area contributed by atoms with Gasteiger partial charge in [-0.25, -0.2) is 23.1 Å². The van der Waals surface area contributed by atoms with Gasteiger partial charge in [0, 0.05) is 38.4 Å². The van der Waals surface area contributed by atoms with Crippen LogP contribution in [0.4, 0.5) is 0 Å². The topological polar surface area (TPSA) is 90.2 Å². The molecule has 1 atom stereocenters. The molecule has 8 nitrogen and oxygen atoms in total. The number of hydrogen-bond donors (Lipinski definition) is 0. The molecule has 1 aromatic carbocycles. The fraction of sp³-hybridized carbons (Fsp3) is 0.389. The molecule has 4 rings (SSSR count). The van der Waals surface area contributed by atoms with Crippen LogP contribution in [0.1, 0.15) is 24.5 Å². The van der Waals surface area contributed by atoms with E-state index < -0.39 is 10.0 Å². The molecule has 0 N–H and O–H groups in total. The molecule has 0 bridgehead atoms. The van der Waals surface area contributed by atoms with Gasteiger partial charge in [0.1, 0.15) is 16.2 Å². The third-order valence-corrected chi connectivity index (χ3v) is 6.85. The number of para-hydroxylation sites is 1. The Bertz CT molecular complexity index is 1080. The molecule has 0 saturated carbocycles. The Labute approximate surface area is 157 Å². The van der Waals surface area contributed by atoms with Gasteiger partial charge in [-0.1, -0.05) is 12.1 Å². The second kappa shape index (κ2) is 6.90. The first kappa shape index (κ1) is 17.9. The van der Waals surface area contributed by atoms with E-state index in [1.54, 1.807) is 41.3 Å². The summed E-state index contributed by atoms with van der Waals surface area (Å²) in [6.07, 6.45) is 4.89. The van der Waals surface area contributed by atoms with Crippen LogP contribution in [0.3, 0.4) is 0 Å². The van der Waals surface area contributed by atoms with Crippen LogP contribution in [0.15, 0.2) is 41.6 Å². The van der Waals surface area contributed by atoms with Crippen molar-refractivity contribution in [1.82, 2.24) is 24.1 Å². The normalized spacial score (nSPS) is 18.7. The molecule has 2 aromatic heterocycles. The van der Waals surface area contributed by atoms with Gasteiger partial charge in [-0.2, -0.15) is 9.40 Å². The van der Waals surface area contributed by atoms with Crippen molar-refractivity contribution >= 4 is 21.2 Å². The van der Waals surface area contributed by atoms with Crippen LogP contribution in [-0.4, -0.2) is 52.7 Å². The molecule has 3 aromatic rings. The quantitative estimate of drug-likeness (QED) is 0.680. The summed E-state index contributed by atoms with van der Waals surface area (Å²) in [6, 6.07) is 6.71. The molecule has 142 valence electrons. The third kappa shape index (κ3) is 3.06. The van der Waals surface area contributed by atoms with Crippen molar-refractivity contribution in [1.29, 1.82) is 0 Å². The molecular weight excluding hydrogens is 366 g/mol. The second-order valence-corrected chi connectivity index (χ2v) is 8.50. The Balaban J connectivity index is 1.68. The number of methoxy groups -OCH3 is 1. The van der Waals surface area contributed by atoms with Crippen molar-refractivity contribution in [3.8, 4) is 5.75 Å². The molecular formula is C18H21N5O3S. The van der Waals surface area contributed by atoms with E-state index >= 15 is 0 Å². The van der Waals surface area contributed by atoms with Gasteiger partial charge in [0.25, 0.3) is 0 Å². The summed E-state index contributed by atoms with van der Waals surface area (Å²) in [5.74, 6) is 0.331. The van der Waals surface area contributed by atoms with Gasteiger partial charge < -0.3 is 4.74 Å². The summed E-state index contributed by atoms with van der Waals surface area (Å²) in [5, 5.41) is 4.58. The molecule has 0 unspecified atom stereocenters. The molecule has 1 saturated heterocycles. The minimum atomic E-state index is -3.65. The predicted molar refractivity (Wildman–Crippen MR) is 100 cm³/mol. The minimum Gasteiger partial charge on any atom is -0.495 e. The highest BCUT2D eigenvalue weighted by Gasteiger charge is 2.34. The van der Waals surface area contributed by atoms with Crippen LogP contribution >= 0.6 is 0 Å². The first-order chi connectivity index (χ1) is 13.0. The van der Waals surface area contributed by atoms with E-state index in [-0.39, 0.29) is 10.8 Å². The summed E-state index contributed by atoms with van der Waals surface area (Å²) in [7, 11) is -0.350. The van der Waals surface area contributed by atoms with E-state index in [1.165, 1.54) is 11.4 Å². The third-order valence-electron chi connectivity index (χ3n) is 4.94. The van der Waals surface area contributed by atoms with Gasteiger partial charge in [-0.3, -0.25) is 0 Å². The molecule has 27 heavy (non-hydrogen) atoms. The van der Waals surface area contributed by atoms with Crippen molar-refractivity contribution in [3.05, 3.63) is 42.4 Å². The van der Waals surface area contributed by atoms with Crippen LogP contribution in [-0.2, 0) is 17.1 Å². The maximum Gasteiger partial charge on any atom is 0.246 e. The lowest BCUT2D eigenvalue weighted by Crippen LogP contribution is -2.39. The average Bonchev–Trinajstić information content (AvgIpc) is 3.05. The van der Waals surface area contributed by atoms with Crippen LogP contribution in [0.25, 0.3) is 11.2 Å². The van der Waals surface area contributed by atoms with Crippen molar-refractivity contribution in [3.63, 3.8) is 0 Å². The number of rotatable bonds is 4. The smallest absolute Gasteiger partial charge is 0.246 e. The van der Waals surface area contributed by atoms with E-state index in [0.717, 1.165) is 24.1 Å². The largest absolute Gasteiger partial charge is 0.495 e. The van der Waals surface area contributed by atoms with Gasteiger partial charge in [-0.05, 0) is 25.0 Å². The minimum absolute atomic E-state index is 0.0244. The van der Waals surface area contributed by atoms with E-state index in [4.69, 9.17) is 4.74 Å². The Morgan fingerprint density at radius 1 is 1.19 bits per heavy atom. The zero-order chi connectivity index (χ0) is 19.0. The summed E-state index contributed by atoms with van der Waals surface area (Å²) in [4.78, 5) is 8.93. The lowest BCUT2D eigenvalue weighted by atomic mass is 9.96. The van der Waals surface area contributed by atoms with Crippen molar-refractivity contribution in [2.75, 3.05) is 20.2 Å². The van der Waals surface area contributed by atoms with Gasteiger partial charge in [0.05, 0.1) is 12.8 Å². The Morgan fingerprint density at radius 2 is 1.96 bits per heavy atom. The number of aryl methyl sites for hydroxylation is 1. The first-order valence-corrected chi connectivity index (χ1v) is 10.2. The Kier molecular flexibility index (Phi) is 4.56. The van der Waals surface area contributed by atoms with Crippen molar-refractivity contribution in [2.45, 2.75) is 23.7 Å². The lowest BCUT2D eigenvalue weighted by Gasteiger charge is -2.31. The molecule has 1 aliphatic heterocycles. The van der Waals surface area contributed by atoms with Gasteiger partial charge in [0.15, 0.2) is 5.65 Å². The monoisotopic (exact) mass is 387 g/mol. The van der Waals surface area contributed by atoms with E-state index in [9.17, 15) is 8.42 Å². The van der Waals surface area contributed by atoms with Crippen molar-refractivity contribution in [2.24, 2.45) is 7.05 Å². The highest BCUT2D eigenvalue weighted by atomic mass is 32.2. The number of aromatic nitrogens is 4. The molecule has 0 radical (unpaired) electrons. The fourth-order valence-electron chi connectivity index (χ4n) is 3.63. The fourth-order valence-corrected chi connectivity index (χ4v) is 5.31. The number of fused-ring (bicyclic) bond motifs is 1. The zero-order valence-corrected chi connectivity index (χ0v) is 16.1. The lowest BCUT2D eigenvalue weighted by molar-refractivity contribution is 0.310. The number of benzene rings is 1. The Morgan fingerprint density at radius 3 is 2.78 bits per heavy atom. The number of sulfonamides is 1. The van der Waals surface area contributed by atoms with Gasteiger partial charge in [-0.15, -0.1) is 0 Å². The summed E-state index contributed by atoms with van der Waals surface area (Å²) in [6.45, 7) is 0.844. The SMILES string of the molecule is COc1ccccc1S(=O)(=O)N1CCC[C@@H](c2nn(C)c3nccnc23)C1. The Hall–Kier alpha value is -2.52. The van der Waals surface area contributed by atoms with E-state index in [2.05, 4.69) is 15.1 Å². The summed E-state index contributed by atoms with van der Waals surface area (Å²) >= 11 is 0. The standard InChI is InChI=1S/C18H21N5O3S/c1-22-18-17(19-9-10-20-18)16(21-22)13-6-5-11-23(12-13)27(24,25)15-8-4-3-7-14(15)26-2/h3-4,7-10,13H,5-6,11-12H2,1-2H3/t13-/m1/s1. The number of nitrogens with zero attached hydrogens (tertiary/aromatic N) is 5. The van der Waals surface area contributed by atoms with Crippen LogP contribution in [0, 0.1) is 0 Å². The van der Waals surface area contributed by atoms with Crippen LogP contribution < -0.4 is 4.74 Å². The van der Waals surface area contributed by atoms with Crippen molar-refractivity contribution < 1.29 is 13.2 Å². The van der Waals surface area contributed by atoms with Gasteiger partial charge >= 0.3 is 0 Å². The molecule has 1 fully saturated rings. The molecule has 0 aliphatic carbocycles. The highest BCUT2D eigenvalue weighted by molar-refractivity contribution is 7.89. The van der Waals surface area contributed by atoms with E-state index in [0.29, 0.717) is 24.5 Å². The van der Waals surface area contributed by atoms with Crippen LogP contribution in [0.5, 0.6) is 5.75 Å². The second-order valence-electron chi connectivity index (χ2n) is 6.59. The summed E-state index contributed by atoms with van der Waals surface area (Å²) in [5.41, 5.74) is 2.25. The number of hydrogen-bond acceptors (Lipinski definition) is 6. The predicted octanol–water partition coefficient (Wildman–Crippen LogP) is 1.94. The molecule has 9 heteroatoms. The van der Waals surface area contributed by atoms with Gasteiger partial charge in [0.2, 0.25) is 10.0 Å². The molecule has 0 amide bonds. The molecule has 3 heterocycles. The summed E-state index contributed by atoms with van der Waals surface area (Å²) < 4.78 is 34.9. The highest BCUT2D eigenvalue weighted by Crippen LogP contribution is 2.34. The van der Waals surface area contributed by atoms with E-state index in [1.807, 2.05) is 7.05 Å². The van der Waals surface area contributed by atoms with Crippen LogP contribution in [0.2, 0.25) is 0 Å². The average molecular weight is 387 g/mol. The first-order valence-electron chi connectivity index (χ1n) is 8.79. The maximum absolute atomic E-state index is 13.2. The maximum atomic E-state index is 13.2. The zero-order valence-electron chi connectivity index (χ0n) is 15.2.